The van der Waals surface area contributed by atoms with E-state index in [0.29, 0.717) is 0 Å². The highest BCUT2D eigenvalue weighted by molar-refractivity contribution is 7.80. The number of hydrogen-bond acceptors (Lipinski definition) is 3. The Labute approximate surface area is 187 Å². The first-order valence-corrected chi connectivity index (χ1v) is 11.4. The molecule has 0 unspecified atom stereocenters. The van der Waals surface area contributed by atoms with Gasteiger partial charge in [-0.1, -0.05) is 63.3 Å². The number of hydrogen-bond donors (Lipinski definition) is 2. The van der Waals surface area contributed by atoms with Crippen molar-refractivity contribution < 1.29 is 9.59 Å². The van der Waals surface area contributed by atoms with Crippen LogP contribution in [0, 0.1) is 0 Å². The van der Waals surface area contributed by atoms with Crippen LogP contribution in [0.4, 0.5) is 0 Å². The van der Waals surface area contributed by atoms with Gasteiger partial charge in [-0.15, -0.1) is 0 Å². The van der Waals surface area contributed by atoms with Crippen LogP contribution in [-0.2, 0) is 16.1 Å². The van der Waals surface area contributed by atoms with Crippen LogP contribution in [0.25, 0.3) is 27.9 Å². The minimum absolute atomic E-state index is 0.0420. The molecule has 3 aromatic rings. The van der Waals surface area contributed by atoms with E-state index >= 15 is 0 Å². The second kappa shape index (κ2) is 9.43. The summed E-state index contributed by atoms with van der Waals surface area (Å²) in [4.78, 5) is 24.4. The molecule has 4 rings (SSSR count). The van der Waals surface area contributed by atoms with Crippen molar-refractivity contribution in [3.8, 4) is 0 Å². The van der Waals surface area contributed by atoms with E-state index in [1.165, 1.54) is 48.5 Å². The topological polar surface area (TPSA) is 63.1 Å². The maximum Gasteiger partial charge on any atom is 0.263 e. The second-order valence-corrected chi connectivity index (χ2v) is 8.42. The molecule has 1 aromatic heterocycles. The summed E-state index contributed by atoms with van der Waals surface area (Å²) in [5.41, 5.74) is 3.26. The lowest BCUT2D eigenvalue weighted by Gasteiger charge is -2.16. The molecule has 0 atom stereocenters. The highest BCUT2D eigenvalue weighted by Crippen LogP contribution is 2.31. The summed E-state index contributed by atoms with van der Waals surface area (Å²) in [5, 5.41) is 7.31. The standard InChI is InChI=1S/C25H27N3O2S/c1-2-3-4-5-6-9-14-28-21-11-8-7-10-18(21)19-15-17(12-13-22(19)28)16-20-23(29)26-25(31)27-24(20)30/h7-8,10-13,15-16H,2-6,9,14H2,1H3,(H2,26,27,29,30,31). The molecule has 31 heavy (non-hydrogen) atoms. The fourth-order valence-electron chi connectivity index (χ4n) is 4.23. The summed E-state index contributed by atoms with van der Waals surface area (Å²) in [6.07, 6.45) is 9.19. The number of benzene rings is 2. The first-order chi connectivity index (χ1) is 15.1. The third-order valence-corrected chi connectivity index (χ3v) is 5.99. The number of amides is 2. The Morgan fingerprint density at radius 1 is 0.871 bits per heavy atom. The van der Waals surface area contributed by atoms with Crippen LogP contribution in [0.3, 0.4) is 0 Å². The van der Waals surface area contributed by atoms with E-state index in [-0.39, 0.29) is 10.7 Å². The fourth-order valence-corrected chi connectivity index (χ4v) is 4.41. The van der Waals surface area contributed by atoms with Crippen molar-refractivity contribution >= 4 is 57.0 Å². The number of unbranched alkanes of at least 4 members (excludes halogenated alkanes) is 5. The van der Waals surface area contributed by atoms with Gasteiger partial charge in [0.2, 0.25) is 0 Å². The largest absolute Gasteiger partial charge is 0.340 e. The molecule has 160 valence electrons. The van der Waals surface area contributed by atoms with Gasteiger partial charge in [-0.25, -0.2) is 0 Å². The van der Waals surface area contributed by atoms with Crippen molar-refractivity contribution in [1.29, 1.82) is 0 Å². The van der Waals surface area contributed by atoms with Crippen LogP contribution in [0.1, 0.15) is 51.0 Å². The van der Waals surface area contributed by atoms with Crippen LogP contribution >= 0.6 is 12.2 Å². The van der Waals surface area contributed by atoms with Gasteiger partial charge < -0.3 is 4.57 Å². The number of carbonyl (C=O) groups is 2. The highest BCUT2D eigenvalue weighted by atomic mass is 32.1. The SMILES string of the molecule is CCCCCCCCn1c2ccccc2c2cc(C=C3C(=O)NC(=S)NC3=O)ccc21. The normalized spacial score (nSPS) is 14.2. The van der Waals surface area contributed by atoms with E-state index in [2.05, 4.69) is 52.5 Å². The monoisotopic (exact) mass is 433 g/mol. The first kappa shape index (κ1) is 21.2. The van der Waals surface area contributed by atoms with Crippen molar-refractivity contribution in [2.75, 3.05) is 0 Å². The molecule has 0 radical (unpaired) electrons. The quantitative estimate of drug-likeness (QED) is 0.226. The zero-order valence-corrected chi connectivity index (χ0v) is 18.6. The number of nitrogens with one attached hydrogen (secondary N) is 2. The highest BCUT2D eigenvalue weighted by Gasteiger charge is 2.25. The number of rotatable bonds is 8. The van der Waals surface area contributed by atoms with Crippen LogP contribution in [-0.4, -0.2) is 21.5 Å². The molecule has 2 heterocycles. The van der Waals surface area contributed by atoms with Crippen LogP contribution < -0.4 is 10.6 Å². The minimum atomic E-state index is -0.473. The number of nitrogens with zero attached hydrogens (tertiary/aromatic N) is 1. The molecule has 2 aromatic carbocycles. The van der Waals surface area contributed by atoms with Crippen molar-refractivity contribution in [3.05, 3.63) is 53.6 Å². The summed E-state index contributed by atoms with van der Waals surface area (Å²) < 4.78 is 2.39. The predicted molar refractivity (Wildman–Crippen MR) is 130 cm³/mol. The molecule has 0 saturated carbocycles. The molecule has 1 saturated heterocycles. The molecule has 1 aliphatic heterocycles. The summed E-state index contributed by atoms with van der Waals surface area (Å²) in [6.45, 7) is 3.23. The first-order valence-electron chi connectivity index (χ1n) is 11.0. The van der Waals surface area contributed by atoms with Gasteiger partial charge in [0.1, 0.15) is 5.57 Å². The van der Waals surface area contributed by atoms with Crippen LogP contribution in [0.5, 0.6) is 0 Å². The lowest BCUT2D eigenvalue weighted by molar-refractivity contribution is -0.123. The van der Waals surface area contributed by atoms with E-state index in [1.807, 2.05) is 12.1 Å². The van der Waals surface area contributed by atoms with E-state index in [0.717, 1.165) is 23.9 Å². The summed E-state index contributed by atoms with van der Waals surface area (Å²) in [5.74, 6) is -0.946. The number of para-hydroxylation sites is 1. The number of aryl methyl sites for hydroxylation is 1. The zero-order valence-electron chi connectivity index (χ0n) is 17.7. The predicted octanol–water partition coefficient (Wildman–Crippen LogP) is 5.07. The van der Waals surface area contributed by atoms with Gasteiger partial charge in [-0.3, -0.25) is 20.2 Å². The number of thiocarbonyl (C=S) groups is 1. The molecule has 0 aliphatic carbocycles. The maximum absolute atomic E-state index is 12.2. The Morgan fingerprint density at radius 2 is 1.55 bits per heavy atom. The molecule has 1 aliphatic rings. The van der Waals surface area contributed by atoms with E-state index in [1.54, 1.807) is 6.08 Å². The van der Waals surface area contributed by atoms with Crippen molar-refractivity contribution in [2.24, 2.45) is 0 Å². The van der Waals surface area contributed by atoms with E-state index in [4.69, 9.17) is 12.2 Å². The number of fused-ring (bicyclic) bond motifs is 3. The summed E-state index contributed by atoms with van der Waals surface area (Å²) in [6, 6.07) is 14.5. The smallest absolute Gasteiger partial charge is 0.263 e. The molecule has 2 amide bonds. The fraction of sp³-hybridized carbons (Fsp3) is 0.320. The third-order valence-electron chi connectivity index (χ3n) is 5.79. The van der Waals surface area contributed by atoms with Crippen molar-refractivity contribution in [1.82, 2.24) is 15.2 Å². The Hall–Kier alpha value is -2.99. The van der Waals surface area contributed by atoms with Crippen LogP contribution in [0.15, 0.2) is 48.0 Å². The van der Waals surface area contributed by atoms with Gasteiger partial charge in [0.15, 0.2) is 5.11 Å². The molecule has 0 spiro atoms. The van der Waals surface area contributed by atoms with Gasteiger partial charge in [0.05, 0.1) is 0 Å². The molecule has 0 bridgehead atoms. The molecular weight excluding hydrogens is 406 g/mol. The molecule has 2 N–H and O–H groups in total. The average Bonchev–Trinajstić information content (AvgIpc) is 3.06. The lowest BCUT2D eigenvalue weighted by atomic mass is 10.1. The van der Waals surface area contributed by atoms with E-state index in [9.17, 15) is 9.59 Å². The van der Waals surface area contributed by atoms with Crippen molar-refractivity contribution in [3.63, 3.8) is 0 Å². The van der Waals surface area contributed by atoms with Gasteiger partial charge in [-0.2, -0.15) is 0 Å². The number of aromatic nitrogens is 1. The molecule has 5 nitrogen and oxygen atoms in total. The summed E-state index contributed by atoms with van der Waals surface area (Å²) >= 11 is 4.87. The lowest BCUT2D eigenvalue weighted by Crippen LogP contribution is -2.51. The molecular formula is C25H27N3O2S. The molecule has 1 fully saturated rings. The minimum Gasteiger partial charge on any atom is -0.340 e. The van der Waals surface area contributed by atoms with Gasteiger partial charge in [0.25, 0.3) is 11.8 Å². The molecule has 6 heteroatoms. The second-order valence-electron chi connectivity index (χ2n) is 8.01. The van der Waals surface area contributed by atoms with Crippen LogP contribution in [0.2, 0.25) is 0 Å². The van der Waals surface area contributed by atoms with E-state index < -0.39 is 11.8 Å². The van der Waals surface area contributed by atoms with Gasteiger partial charge in [-0.05, 0) is 48.5 Å². The maximum atomic E-state index is 12.2. The number of carbonyl (C=O) groups excluding carboxylic acids is 2. The Bertz CT molecular complexity index is 1170. The average molecular weight is 434 g/mol. The Kier molecular flexibility index (Phi) is 6.47. The van der Waals surface area contributed by atoms with Gasteiger partial charge in [0, 0.05) is 28.4 Å². The Morgan fingerprint density at radius 3 is 2.32 bits per heavy atom. The Balaban J connectivity index is 1.65. The van der Waals surface area contributed by atoms with Gasteiger partial charge >= 0.3 is 0 Å². The van der Waals surface area contributed by atoms with Crippen molar-refractivity contribution in [2.45, 2.75) is 52.0 Å². The summed E-state index contributed by atoms with van der Waals surface area (Å²) in [7, 11) is 0. The zero-order chi connectivity index (χ0) is 21.8. The third kappa shape index (κ3) is 4.54.